The number of halogens is 1. The maximum absolute atomic E-state index is 11.8. The molecule has 0 aliphatic heterocycles. The molecule has 0 amide bonds. The van der Waals surface area contributed by atoms with E-state index < -0.39 is 0 Å². The molecule has 0 aliphatic carbocycles. The normalized spacial score (nSPS) is 10.9. The quantitative estimate of drug-likeness (QED) is 0.529. The van der Waals surface area contributed by atoms with Crippen LogP contribution in [-0.2, 0) is 0 Å². The summed E-state index contributed by atoms with van der Waals surface area (Å²) in [6, 6.07) is 11.1. The first kappa shape index (κ1) is 12.1. The summed E-state index contributed by atoms with van der Waals surface area (Å²) in [5.74, 6) is 0.0116. The molecule has 0 saturated carbocycles. The highest BCUT2D eigenvalue weighted by Gasteiger charge is 2.04. The second-order valence-electron chi connectivity index (χ2n) is 3.47. The second kappa shape index (κ2) is 5.29. The number of hydrogen-bond acceptors (Lipinski definition) is 3. The number of thiophene rings is 1. The molecule has 2 nitrogen and oxygen atoms in total. The van der Waals surface area contributed by atoms with Crippen LogP contribution in [0.2, 0.25) is 0 Å². The van der Waals surface area contributed by atoms with Gasteiger partial charge in [-0.15, -0.1) is 11.3 Å². The second-order valence-corrected chi connectivity index (χ2v) is 5.93. The number of hydrogen-bond donors (Lipinski definition) is 1. The van der Waals surface area contributed by atoms with Gasteiger partial charge in [-0.25, -0.2) is 0 Å². The monoisotopic (exact) mass is 307 g/mol. The standard InChI is InChI=1S/C13H10BrNOS/c14-13-8-7-12(17-13)11(16)6-3-9-1-4-10(15)5-2-9/h1-8H,15H2/b6-3+. The van der Waals surface area contributed by atoms with Crippen LogP contribution in [-0.4, -0.2) is 5.78 Å². The molecule has 0 unspecified atom stereocenters. The van der Waals surface area contributed by atoms with Crippen molar-refractivity contribution in [2.75, 3.05) is 5.73 Å². The molecule has 0 bridgehead atoms. The lowest BCUT2D eigenvalue weighted by Crippen LogP contribution is -1.89. The topological polar surface area (TPSA) is 43.1 Å². The maximum Gasteiger partial charge on any atom is 0.195 e. The van der Waals surface area contributed by atoms with Crippen LogP contribution in [0.1, 0.15) is 15.2 Å². The maximum atomic E-state index is 11.8. The van der Waals surface area contributed by atoms with Crippen LogP contribution in [0.25, 0.3) is 6.08 Å². The Bertz CT molecular complexity index is 557. The molecule has 0 atom stereocenters. The van der Waals surface area contributed by atoms with E-state index in [9.17, 15) is 4.79 Å². The van der Waals surface area contributed by atoms with Crippen LogP contribution >= 0.6 is 27.3 Å². The molecule has 1 aromatic heterocycles. The fraction of sp³-hybridized carbons (Fsp3) is 0. The summed E-state index contributed by atoms with van der Waals surface area (Å²) in [4.78, 5) is 12.5. The minimum Gasteiger partial charge on any atom is -0.399 e. The first-order chi connectivity index (χ1) is 8.15. The Kier molecular flexibility index (Phi) is 3.76. The van der Waals surface area contributed by atoms with Crippen molar-refractivity contribution in [1.29, 1.82) is 0 Å². The number of anilines is 1. The van der Waals surface area contributed by atoms with Crippen molar-refractivity contribution in [3.05, 3.63) is 56.7 Å². The number of benzene rings is 1. The number of nitrogen functional groups attached to an aromatic ring is 1. The number of carbonyl (C=O) groups excluding carboxylic acids is 1. The predicted molar refractivity (Wildman–Crippen MR) is 76.2 cm³/mol. The van der Waals surface area contributed by atoms with Crippen molar-refractivity contribution < 1.29 is 4.79 Å². The van der Waals surface area contributed by atoms with Crippen molar-refractivity contribution in [1.82, 2.24) is 0 Å². The molecule has 0 radical (unpaired) electrons. The van der Waals surface area contributed by atoms with Gasteiger partial charge in [0, 0.05) is 5.69 Å². The molecule has 86 valence electrons. The summed E-state index contributed by atoms with van der Waals surface area (Å²) >= 11 is 4.76. The fourth-order valence-electron chi connectivity index (χ4n) is 1.31. The zero-order valence-electron chi connectivity index (χ0n) is 8.89. The van der Waals surface area contributed by atoms with Gasteiger partial charge in [-0.3, -0.25) is 4.79 Å². The van der Waals surface area contributed by atoms with Crippen molar-refractivity contribution in [2.24, 2.45) is 0 Å². The van der Waals surface area contributed by atoms with Gasteiger partial charge in [0.05, 0.1) is 8.66 Å². The third kappa shape index (κ3) is 3.28. The molecule has 4 heteroatoms. The fourth-order valence-corrected chi connectivity index (χ4v) is 2.61. The van der Waals surface area contributed by atoms with E-state index in [-0.39, 0.29) is 5.78 Å². The van der Waals surface area contributed by atoms with Crippen LogP contribution in [0.3, 0.4) is 0 Å². The molecule has 1 aromatic carbocycles. The van der Waals surface area contributed by atoms with Crippen LogP contribution in [0.4, 0.5) is 5.69 Å². The largest absolute Gasteiger partial charge is 0.399 e. The van der Waals surface area contributed by atoms with Gasteiger partial charge in [0.1, 0.15) is 0 Å². The Labute approximate surface area is 112 Å². The average Bonchev–Trinajstić information content (AvgIpc) is 2.75. The van der Waals surface area contributed by atoms with Gasteiger partial charge in [0.2, 0.25) is 0 Å². The third-order valence-electron chi connectivity index (χ3n) is 2.18. The zero-order chi connectivity index (χ0) is 12.3. The van der Waals surface area contributed by atoms with Crippen LogP contribution in [0.15, 0.2) is 46.3 Å². The molecule has 0 spiro atoms. The number of carbonyl (C=O) groups is 1. The third-order valence-corrected chi connectivity index (χ3v) is 3.82. The highest BCUT2D eigenvalue weighted by atomic mass is 79.9. The lowest BCUT2D eigenvalue weighted by atomic mass is 10.2. The summed E-state index contributed by atoms with van der Waals surface area (Å²) in [6.45, 7) is 0. The van der Waals surface area contributed by atoms with Gasteiger partial charge in [-0.2, -0.15) is 0 Å². The summed E-state index contributed by atoms with van der Waals surface area (Å²) in [5.41, 5.74) is 7.26. The molecule has 0 saturated heterocycles. The number of allylic oxidation sites excluding steroid dienone is 1. The Morgan fingerprint density at radius 1 is 1.18 bits per heavy atom. The van der Waals surface area contributed by atoms with Crippen LogP contribution < -0.4 is 5.73 Å². The number of rotatable bonds is 3. The summed E-state index contributed by atoms with van der Waals surface area (Å²) in [7, 11) is 0. The van der Waals surface area contributed by atoms with Crippen molar-refractivity contribution in [3.63, 3.8) is 0 Å². The van der Waals surface area contributed by atoms with Gasteiger partial charge >= 0.3 is 0 Å². The SMILES string of the molecule is Nc1ccc(/C=C/C(=O)c2ccc(Br)s2)cc1. The Morgan fingerprint density at radius 2 is 1.88 bits per heavy atom. The molecule has 2 N–H and O–H groups in total. The van der Waals surface area contributed by atoms with Crippen molar-refractivity contribution >= 4 is 44.8 Å². The molecule has 17 heavy (non-hydrogen) atoms. The lowest BCUT2D eigenvalue weighted by molar-refractivity contribution is 0.105. The number of nitrogens with two attached hydrogens (primary N) is 1. The van der Waals surface area contributed by atoms with E-state index in [4.69, 9.17) is 5.73 Å². The summed E-state index contributed by atoms with van der Waals surface area (Å²) in [5, 5.41) is 0. The average molecular weight is 308 g/mol. The number of ketones is 1. The lowest BCUT2D eigenvalue weighted by Gasteiger charge is -1.94. The first-order valence-corrected chi connectivity index (χ1v) is 6.59. The predicted octanol–water partition coefficient (Wildman–Crippen LogP) is 3.99. The van der Waals surface area contributed by atoms with Crippen LogP contribution in [0.5, 0.6) is 0 Å². The highest BCUT2D eigenvalue weighted by Crippen LogP contribution is 2.22. The summed E-state index contributed by atoms with van der Waals surface area (Å²) in [6.07, 6.45) is 3.36. The minimum atomic E-state index is 0.0116. The first-order valence-electron chi connectivity index (χ1n) is 4.98. The Balaban J connectivity index is 2.10. The zero-order valence-corrected chi connectivity index (χ0v) is 11.3. The van der Waals surface area contributed by atoms with E-state index in [0.29, 0.717) is 0 Å². The van der Waals surface area contributed by atoms with E-state index in [1.54, 1.807) is 12.2 Å². The van der Waals surface area contributed by atoms with Gasteiger partial charge < -0.3 is 5.73 Å². The molecule has 0 aliphatic rings. The smallest absolute Gasteiger partial charge is 0.195 e. The van der Waals surface area contributed by atoms with Crippen LogP contribution in [0, 0.1) is 0 Å². The summed E-state index contributed by atoms with van der Waals surface area (Å²) < 4.78 is 0.960. The molecular weight excluding hydrogens is 298 g/mol. The van der Waals surface area contributed by atoms with Gasteiger partial charge in [-0.05, 0) is 51.8 Å². The molecular formula is C13H10BrNOS. The molecule has 0 fully saturated rings. The Hall–Kier alpha value is -1.39. The van der Waals surface area contributed by atoms with Gasteiger partial charge in [0.25, 0.3) is 0 Å². The highest BCUT2D eigenvalue weighted by molar-refractivity contribution is 9.11. The van der Waals surface area contributed by atoms with Gasteiger partial charge in [-0.1, -0.05) is 18.2 Å². The molecule has 2 rings (SSSR count). The van der Waals surface area contributed by atoms with E-state index in [2.05, 4.69) is 15.9 Å². The minimum absolute atomic E-state index is 0.0116. The van der Waals surface area contributed by atoms with Gasteiger partial charge in [0.15, 0.2) is 5.78 Å². The molecule has 2 aromatic rings. The van der Waals surface area contributed by atoms with E-state index in [1.807, 2.05) is 36.4 Å². The van der Waals surface area contributed by atoms with Crippen molar-refractivity contribution in [3.8, 4) is 0 Å². The van der Waals surface area contributed by atoms with E-state index in [1.165, 1.54) is 11.3 Å². The van der Waals surface area contributed by atoms with Crippen molar-refractivity contribution in [2.45, 2.75) is 0 Å². The van der Waals surface area contributed by atoms with E-state index in [0.717, 1.165) is 19.9 Å². The Morgan fingerprint density at radius 3 is 2.47 bits per heavy atom. The molecule has 1 heterocycles. The van der Waals surface area contributed by atoms with E-state index >= 15 is 0 Å².